The summed E-state index contributed by atoms with van der Waals surface area (Å²) in [5.41, 5.74) is 7.49. The zero-order valence-electron chi connectivity index (χ0n) is 28.2. The maximum absolute atomic E-state index is 5.50. The van der Waals surface area contributed by atoms with Crippen LogP contribution in [0.5, 0.6) is 28.7 Å². The summed E-state index contributed by atoms with van der Waals surface area (Å²) in [4.78, 5) is 4.42. The number of hydrogen-bond donors (Lipinski definition) is 1. The first-order valence-electron chi connectivity index (χ1n) is 15.7. The van der Waals surface area contributed by atoms with Crippen molar-refractivity contribution in [1.82, 2.24) is 0 Å². The molecule has 0 spiro atoms. The fourth-order valence-electron chi connectivity index (χ4n) is 5.59. The van der Waals surface area contributed by atoms with Gasteiger partial charge in [-0.3, -0.25) is 0 Å². The lowest BCUT2D eigenvalue weighted by atomic mass is 10.1. The molecule has 0 aliphatic carbocycles. The zero-order chi connectivity index (χ0) is 34.2. The van der Waals surface area contributed by atoms with E-state index in [4.69, 9.17) is 23.7 Å². The first-order valence-corrected chi connectivity index (χ1v) is 15.7. The van der Waals surface area contributed by atoms with Crippen LogP contribution in [0.4, 0.5) is 45.5 Å². The van der Waals surface area contributed by atoms with Gasteiger partial charge in [-0.1, -0.05) is 0 Å². The molecule has 0 saturated carbocycles. The van der Waals surface area contributed by atoms with Crippen LogP contribution >= 0.6 is 0 Å². The molecule has 6 aromatic rings. The van der Waals surface area contributed by atoms with Crippen molar-refractivity contribution in [2.24, 2.45) is 0 Å². The highest BCUT2D eigenvalue weighted by Gasteiger charge is 2.20. The second kappa shape index (κ2) is 15.1. The maximum atomic E-state index is 5.50. The highest BCUT2D eigenvalue weighted by Crippen LogP contribution is 2.44. The highest BCUT2D eigenvalue weighted by molar-refractivity contribution is 5.87. The van der Waals surface area contributed by atoms with Crippen molar-refractivity contribution in [2.45, 2.75) is 0 Å². The monoisotopic (exact) mass is 653 g/mol. The normalized spacial score (nSPS) is 10.6. The Hall–Kier alpha value is -6.28. The van der Waals surface area contributed by atoms with E-state index in [9.17, 15) is 0 Å². The van der Waals surface area contributed by atoms with Crippen molar-refractivity contribution in [3.05, 3.63) is 140 Å². The molecule has 0 saturated heterocycles. The largest absolute Gasteiger partial charge is 0.497 e. The summed E-state index contributed by atoms with van der Waals surface area (Å²) in [6, 6.07) is 46.5. The number of nitrogens with zero attached hydrogens (tertiary/aromatic N) is 2. The van der Waals surface area contributed by atoms with Gasteiger partial charge in [0.1, 0.15) is 28.7 Å². The van der Waals surface area contributed by atoms with Gasteiger partial charge in [0.2, 0.25) is 0 Å². The molecule has 0 fully saturated rings. The number of hydrogen-bond acceptors (Lipinski definition) is 8. The van der Waals surface area contributed by atoms with E-state index in [0.717, 1.165) is 74.2 Å². The van der Waals surface area contributed by atoms with E-state index in [-0.39, 0.29) is 0 Å². The Kier molecular flexibility index (Phi) is 10.1. The van der Waals surface area contributed by atoms with Gasteiger partial charge in [-0.25, -0.2) is 0 Å². The van der Waals surface area contributed by atoms with Gasteiger partial charge in [0.05, 0.1) is 46.9 Å². The van der Waals surface area contributed by atoms with Crippen molar-refractivity contribution in [3.63, 3.8) is 0 Å². The fourth-order valence-corrected chi connectivity index (χ4v) is 5.59. The Morgan fingerprint density at radius 3 is 0.837 bits per heavy atom. The smallest absolute Gasteiger partial charge is 0.119 e. The third-order valence-electron chi connectivity index (χ3n) is 8.12. The van der Waals surface area contributed by atoms with Crippen molar-refractivity contribution in [3.8, 4) is 28.7 Å². The van der Waals surface area contributed by atoms with Crippen LogP contribution in [0.15, 0.2) is 140 Å². The maximum Gasteiger partial charge on any atom is 0.119 e. The molecule has 0 heterocycles. The molecule has 0 radical (unpaired) electrons. The lowest BCUT2D eigenvalue weighted by Crippen LogP contribution is -2.14. The topological polar surface area (TPSA) is 64.7 Å². The van der Waals surface area contributed by atoms with Crippen LogP contribution in [0, 0.1) is 0 Å². The highest BCUT2D eigenvalue weighted by atomic mass is 16.5. The summed E-state index contributed by atoms with van der Waals surface area (Å²) in [5, 5.41) is 3.64. The summed E-state index contributed by atoms with van der Waals surface area (Å²) < 4.78 is 27.4. The standard InChI is InChI=1S/C41H39N3O5/c1-45-37-16-6-29(7-17-37)42-30-26-35(43(31-8-18-38(46-2)19-9-31)32-10-20-39(47-3)21-11-32)28-36(27-30)44(33-12-22-40(48-4)23-13-33)34-14-24-41(49-5)25-15-34/h6-28,42H,1-5H3. The molecule has 0 unspecified atom stereocenters. The molecule has 0 aliphatic heterocycles. The van der Waals surface area contributed by atoms with Gasteiger partial charge < -0.3 is 38.8 Å². The number of nitrogens with one attached hydrogen (secondary N) is 1. The minimum Gasteiger partial charge on any atom is -0.497 e. The van der Waals surface area contributed by atoms with E-state index in [1.54, 1.807) is 35.5 Å². The van der Waals surface area contributed by atoms with Crippen LogP contribution in [0.1, 0.15) is 0 Å². The molecule has 6 rings (SSSR count). The molecule has 0 aromatic heterocycles. The third-order valence-corrected chi connectivity index (χ3v) is 8.12. The third kappa shape index (κ3) is 7.49. The van der Waals surface area contributed by atoms with Gasteiger partial charge in [0.15, 0.2) is 0 Å². The molecule has 6 aromatic carbocycles. The van der Waals surface area contributed by atoms with Crippen LogP contribution in [-0.2, 0) is 0 Å². The number of rotatable bonds is 13. The predicted octanol–water partition coefficient (Wildman–Crippen LogP) is 10.4. The van der Waals surface area contributed by atoms with E-state index in [0.29, 0.717) is 0 Å². The quantitative estimate of drug-likeness (QED) is 0.132. The molecule has 49 heavy (non-hydrogen) atoms. The van der Waals surface area contributed by atoms with Gasteiger partial charge in [-0.15, -0.1) is 0 Å². The molecule has 0 aliphatic rings. The van der Waals surface area contributed by atoms with E-state index in [2.05, 4.69) is 81.8 Å². The molecule has 8 nitrogen and oxygen atoms in total. The molecule has 0 amide bonds. The van der Waals surface area contributed by atoms with E-state index in [1.807, 2.05) is 72.8 Å². The Bertz CT molecular complexity index is 1730. The first-order chi connectivity index (χ1) is 24.0. The average Bonchev–Trinajstić information content (AvgIpc) is 3.16. The summed E-state index contributed by atoms with van der Waals surface area (Å²) in [5.74, 6) is 3.90. The second-order valence-electron chi connectivity index (χ2n) is 11.1. The van der Waals surface area contributed by atoms with Gasteiger partial charge in [0.25, 0.3) is 0 Å². The molecule has 8 heteroatoms. The first kappa shape index (κ1) is 32.7. The minimum atomic E-state index is 0.777. The van der Waals surface area contributed by atoms with Gasteiger partial charge in [-0.2, -0.15) is 0 Å². The fraction of sp³-hybridized carbons (Fsp3) is 0.122. The van der Waals surface area contributed by atoms with E-state index < -0.39 is 0 Å². The van der Waals surface area contributed by atoms with E-state index >= 15 is 0 Å². The predicted molar refractivity (Wildman–Crippen MR) is 198 cm³/mol. The van der Waals surface area contributed by atoms with Crippen LogP contribution in [0.25, 0.3) is 0 Å². The summed E-state index contributed by atoms with van der Waals surface area (Å²) in [6.45, 7) is 0. The molecule has 0 atom stereocenters. The summed E-state index contributed by atoms with van der Waals surface area (Å²) >= 11 is 0. The number of benzene rings is 6. The summed E-state index contributed by atoms with van der Waals surface area (Å²) in [6.07, 6.45) is 0. The second-order valence-corrected chi connectivity index (χ2v) is 11.1. The van der Waals surface area contributed by atoms with Crippen molar-refractivity contribution in [1.29, 1.82) is 0 Å². The minimum absolute atomic E-state index is 0.777. The van der Waals surface area contributed by atoms with Gasteiger partial charge in [-0.05, 0) is 140 Å². The van der Waals surface area contributed by atoms with Crippen molar-refractivity contribution in [2.75, 3.05) is 50.7 Å². The van der Waals surface area contributed by atoms with E-state index in [1.165, 1.54) is 0 Å². The Balaban J connectivity index is 1.56. The van der Waals surface area contributed by atoms with Crippen LogP contribution < -0.4 is 38.8 Å². The average molecular weight is 654 g/mol. The lowest BCUT2D eigenvalue weighted by molar-refractivity contribution is 0.414. The molecule has 248 valence electrons. The molecule has 1 N–H and O–H groups in total. The molecule has 0 bridgehead atoms. The van der Waals surface area contributed by atoms with Crippen molar-refractivity contribution < 1.29 is 23.7 Å². The zero-order valence-corrected chi connectivity index (χ0v) is 28.2. The van der Waals surface area contributed by atoms with Crippen molar-refractivity contribution >= 4 is 45.5 Å². The van der Waals surface area contributed by atoms with Crippen LogP contribution in [-0.4, -0.2) is 35.5 Å². The van der Waals surface area contributed by atoms with Gasteiger partial charge in [0, 0.05) is 34.1 Å². The Morgan fingerprint density at radius 1 is 0.306 bits per heavy atom. The molecular formula is C41H39N3O5. The number of anilines is 8. The Labute approximate surface area is 287 Å². The van der Waals surface area contributed by atoms with Crippen LogP contribution in [0.3, 0.4) is 0 Å². The number of methoxy groups -OCH3 is 5. The lowest BCUT2D eigenvalue weighted by Gasteiger charge is -2.30. The number of ether oxygens (including phenoxy) is 5. The molecular weight excluding hydrogens is 614 g/mol. The Morgan fingerprint density at radius 2 is 0.571 bits per heavy atom. The van der Waals surface area contributed by atoms with Crippen LogP contribution in [0.2, 0.25) is 0 Å². The summed E-state index contributed by atoms with van der Waals surface area (Å²) in [7, 11) is 8.35. The van der Waals surface area contributed by atoms with Gasteiger partial charge >= 0.3 is 0 Å². The SMILES string of the molecule is COc1ccc(Nc2cc(N(c3ccc(OC)cc3)c3ccc(OC)cc3)cc(N(c3ccc(OC)cc3)c3ccc(OC)cc3)c2)cc1.